The SMILES string of the molecule is C[Si](C)(C)CCOCOC(CCS)CC1=CC2(CCS1)OCCO2. The molecule has 0 aliphatic carbocycles. The van der Waals surface area contributed by atoms with Crippen molar-refractivity contribution in [2.75, 3.05) is 38.1 Å². The van der Waals surface area contributed by atoms with Gasteiger partial charge in [0.15, 0.2) is 5.79 Å². The molecule has 2 heterocycles. The minimum atomic E-state index is -1.04. The van der Waals surface area contributed by atoms with Gasteiger partial charge in [0.2, 0.25) is 0 Å². The maximum Gasteiger partial charge on any atom is 0.189 e. The van der Waals surface area contributed by atoms with Crippen LogP contribution in [-0.4, -0.2) is 58.1 Å². The van der Waals surface area contributed by atoms with Gasteiger partial charge in [0.05, 0.1) is 19.3 Å². The van der Waals surface area contributed by atoms with Gasteiger partial charge in [-0.1, -0.05) is 19.6 Å². The molecule has 0 radical (unpaired) electrons. The van der Waals surface area contributed by atoms with Gasteiger partial charge in [-0.05, 0) is 29.2 Å². The van der Waals surface area contributed by atoms with Crippen molar-refractivity contribution in [2.24, 2.45) is 0 Å². The first kappa shape index (κ1) is 20.8. The van der Waals surface area contributed by atoms with Crippen LogP contribution in [0.15, 0.2) is 11.0 Å². The predicted molar refractivity (Wildman–Crippen MR) is 107 cm³/mol. The molecule has 1 atom stereocenters. The monoisotopic (exact) mass is 392 g/mol. The molecular weight excluding hydrogens is 360 g/mol. The Morgan fingerprint density at radius 1 is 1.33 bits per heavy atom. The third-order valence-corrected chi connectivity index (χ3v) is 7.18. The predicted octanol–water partition coefficient (Wildman–Crippen LogP) is 4.16. The Bertz CT molecular complexity index is 406. The summed E-state index contributed by atoms with van der Waals surface area (Å²) in [4.78, 5) is 1.30. The molecule has 4 nitrogen and oxygen atoms in total. The van der Waals surface area contributed by atoms with Gasteiger partial charge in [-0.3, -0.25) is 0 Å². The summed E-state index contributed by atoms with van der Waals surface area (Å²) in [6.07, 6.45) is 5.04. The standard InChI is InChI=1S/C17H32O4S2Si/c1-24(2,3)11-8-18-14-19-15(4-9-22)12-16-13-17(5-10-23-16)20-6-7-21-17/h13,15,22H,4-12,14H2,1-3H3. The average molecular weight is 393 g/mol. The molecule has 140 valence electrons. The topological polar surface area (TPSA) is 36.9 Å². The molecule has 2 rings (SSSR count). The smallest absolute Gasteiger partial charge is 0.189 e. The highest BCUT2D eigenvalue weighted by molar-refractivity contribution is 8.03. The van der Waals surface area contributed by atoms with E-state index in [1.54, 1.807) is 0 Å². The van der Waals surface area contributed by atoms with Gasteiger partial charge in [-0.15, -0.1) is 11.8 Å². The van der Waals surface area contributed by atoms with E-state index in [9.17, 15) is 0 Å². The molecule has 0 saturated carbocycles. The second-order valence-electron chi connectivity index (χ2n) is 7.56. The molecule has 2 aliphatic heterocycles. The highest BCUT2D eigenvalue weighted by atomic mass is 32.2. The molecule has 1 saturated heterocycles. The number of thioether (sulfide) groups is 1. The van der Waals surface area contributed by atoms with Gasteiger partial charge in [-0.25, -0.2) is 0 Å². The molecule has 1 unspecified atom stereocenters. The summed E-state index contributed by atoms with van der Waals surface area (Å²) < 4.78 is 23.3. The Labute approximate surface area is 157 Å². The highest BCUT2D eigenvalue weighted by Gasteiger charge is 2.37. The van der Waals surface area contributed by atoms with Crippen LogP contribution in [0.3, 0.4) is 0 Å². The molecule has 1 fully saturated rings. The first-order valence-electron chi connectivity index (χ1n) is 8.85. The van der Waals surface area contributed by atoms with E-state index in [0.29, 0.717) is 20.0 Å². The van der Waals surface area contributed by atoms with Crippen molar-refractivity contribution in [2.45, 2.75) is 56.8 Å². The molecule has 2 aliphatic rings. The summed E-state index contributed by atoms with van der Waals surface area (Å²) in [7, 11) is -1.04. The first-order valence-corrected chi connectivity index (χ1v) is 14.2. The molecule has 0 N–H and O–H groups in total. The maximum atomic E-state index is 5.96. The van der Waals surface area contributed by atoms with Crippen LogP contribution in [0.4, 0.5) is 0 Å². The van der Waals surface area contributed by atoms with Crippen LogP contribution in [0, 0.1) is 0 Å². The normalized spacial score (nSPS) is 21.9. The summed E-state index contributed by atoms with van der Waals surface area (Å²) in [5, 5.41) is 0. The second-order valence-corrected chi connectivity index (χ2v) is 14.8. The maximum absolute atomic E-state index is 5.96. The lowest BCUT2D eigenvalue weighted by Crippen LogP contribution is -2.31. The lowest BCUT2D eigenvalue weighted by Gasteiger charge is -2.30. The van der Waals surface area contributed by atoms with E-state index in [0.717, 1.165) is 37.4 Å². The zero-order valence-corrected chi connectivity index (χ0v) is 17.9. The van der Waals surface area contributed by atoms with Crippen LogP contribution in [0.1, 0.15) is 19.3 Å². The van der Waals surface area contributed by atoms with Crippen LogP contribution in [0.2, 0.25) is 25.7 Å². The van der Waals surface area contributed by atoms with Crippen LogP contribution in [-0.2, 0) is 18.9 Å². The van der Waals surface area contributed by atoms with E-state index >= 15 is 0 Å². The van der Waals surface area contributed by atoms with E-state index in [1.165, 1.54) is 10.9 Å². The van der Waals surface area contributed by atoms with Crippen molar-refractivity contribution in [3.05, 3.63) is 11.0 Å². The van der Waals surface area contributed by atoms with E-state index in [-0.39, 0.29) is 6.10 Å². The van der Waals surface area contributed by atoms with Crippen molar-refractivity contribution in [3.8, 4) is 0 Å². The summed E-state index contributed by atoms with van der Waals surface area (Å²) in [5.74, 6) is 1.38. The third kappa shape index (κ3) is 7.39. The van der Waals surface area contributed by atoms with Gasteiger partial charge in [-0.2, -0.15) is 12.6 Å². The van der Waals surface area contributed by atoms with Gasteiger partial charge < -0.3 is 18.9 Å². The molecule has 0 aromatic rings. The van der Waals surface area contributed by atoms with Crippen LogP contribution in [0.25, 0.3) is 0 Å². The Morgan fingerprint density at radius 2 is 2.08 bits per heavy atom. The van der Waals surface area contributed by atoms with Crippen molar-refractivity contribution in [3.63, 3.8) is 0 Å². The van der Waals surface area contributed by atoms with Gasteiger partial charge in [0, 0.05) is 33.3 Å². The van der Waals surface area contributed by atoms with Crippen LogP contribution >= 0.6 is 24.4 Å². The largest absolute Gasteiger partial charge is 0.356 e. The first-order chi connectivity index (χ1) is 11.4. The fourth-order valence-electron chi connectivity index (χ4n) is 2.69. The molecule has 0 amide bonds. The van der Waals surface area contributed by atoms with E-state index in [1.807, 2.05) is 11.8 Å². The molecule has 0 aromatic heterocycles. The van der Waals surface area contributed by atoms with Crippen LogP contribution in [0.5, 0.6) is 0 Å². The van der Waals surface area contributed by atoms with Gasteiger partial charge in [0.1, 0.15) is 6.79 Å². The van der Waals surface area contributed by atoms with Crippen molar-refractivity contribution >= 4 is 32.5 Å². The van der Waals surface area contributed by atoms with Gasteiger partial charge in [0.25, 0.3) is 0 Å². The van der Waals surface area contributed by atoms with E-state index < -0.39 is 13.9 Å². The molecule has 24 heavy (non-hydrogen) atoms. The zero-order chi connectivity index (χ0) is 17.5. The number of rotatable bonds is 10. The highest BCUT2D eigenvalue weighted by Crippen LogP contribution is 2.38. The third-order valence-electron chi connectivity index (χ3n) is 4.16. The zero-order valence-electron chi connectivity index (χ0n) is 15.2. The average Bonchev–Trinajstić information content (AvgIpc) is 2.93. The molecule has 0 aromatic carbocycles. The summed E-state index contributed by atoms with van der Waals surface area (Å²) in [6.45, 7) is 9.63. The summed E-state index contributed by atoms with van der Waals surface area (Å²) >= 11 is 6.26. The molecule has 0 bridgehead atoms. The lowest BCUT2D eigenvalue weighted by atomic mass is 10.1. The second kappa shape index (κ2) is 9.99. The Morgan fingerprint density at radius 3 is 2.75 bits per heavy atom. The number of hydrogen-bond acceptors (Lipinski definition) is 6. The molecule has 7 heteroatoms. The Kier molecular flexibility index (Phi) is 8.66. The minimum absolute atomic E-state index is 0.143. The van der Waals surface area contributed by atoms with E-state index in [4.69, 9.17) is 18.9 Å². The Balaban J connectivity index is 1.77. The minimum Gasteiger partial charge on any atom is -0.356 e. The summed E-state index contributed by atoms with van der Waals surface area (Å²) in [5.41, 5.74) is 0. The van der Waals surface area contributed by atoms with Crippen molar-refractivity contribution in [1.29, 1.82) is 0 Å². The van der Waals surface area contributed by atoms with Crippen molar-refractivity contribution < 1.29 is 18.9 Å². The number of hydrogen-bond donors (Lipinski definition) is 1. The van der Waals surface area contributed by atoms with Crippen LogP contribution < -0.4 is 0 Å². The number of thiol groups is 1. The van der Waals surface area contributed by atoms with E-state index in [2.05, 4.69) is 38.3 Å². The number of ether oxygens (including phenoxy) is 4. The molecular formula is C17H32O4S2Si. The fourth-order valence-corrected chi connectivity index (χ4v) is 4.95. The van der Waals surface area contributed by atoms with Crippen molar-refractivity contribution in [1.82, 2.24) is 0 Å². The lowest BCUT2D eigenvalue weighted by molar-refractivity contribution is -0.118. The Hall–Kier alpha value is 0.497. The molecule has 1 spiro atoms. The quantitative estimate of drug-likeness (QED) is 0.261. The fraction of sp³-hybridized carbons (Fsp3) is 0.882. The van der Waals surface area contributed by atoms with Gasteiger partial charge >= 0.3 is 0 Å². The summed E-state index contributed by atoms with van der Waals surface area (Å²) in [6, 6.07) is 1.17.